The van der Waals surface area contributed by atoms with Crippen LogP contribution in [0.3, 0.4) is 0 Å². The lowest BCUT2D eigenvalue weighted by Gasteiger charge is -2.25. The van der Waals surface area contributed by atoms with Gasteiger partial charge >= 0.3 is 0 Å². The highest BCUT2D eigenvalue weighted by atomic mass is 32.2. The summed E-state index contributed by atoms with van der Waals surface area (Å²) in [5.74, 6) is 3.89. The summed E-state index contributed by atoms with van der Waals surface area (Å²) in [6.45, 7) is 2.23. The number of hydrogen-bond acceptors (Lipinski definition) is 4. The van der Waals surface area contributed by atoms with Gasteiger partial charge in [0, 0.05) is 4.24 Å². The Balaban J connectivity index is 1.76. The Hall–Kier alpha value is -1.36. The molecule has 0 amide bonds. The Morgan fingerprint density at radius 3 is 2.17 bits per heavy atom. The fourth-order valence-corrected chi connectivity index (χ4v) is 4.90. The zero-order valence-corrected chi connectivity index (χ0v) is 15.1. The van der Waals surface area contributed by atoms with E-state index in [-0.39, 0.29) is 0 Å². The van der Waals surface area contributed by atoms with Crippen LogP contribution in [0.25, 0.3) is 5.57 Å². The van der Waals surface area contributed by atoms with Crippen molar-refractivity contribution < 1.29 is 4.74 Å². The Labute approximate surface area is 146 Å². The first kappa shape index (κ1) is 16.5. The molecule has 4 heteroatoms. The van der Waals surface area contributed by atoms with Crippen molar-refractivity contribution in [2.45, 2.75) is 13.3 Å². The lowest BCUT2D eigenvalue weighted by Crippen LogP contribution is -2.20. The van der Waals surface area contributed by atoms with Crippen LogP contribution in [0.4, 0.5) is 0 Å². The number of allylic oxidation sites excluding steroid dienone is 1. The monoisotopic (exact) mass is 343 g/mol. The summed E-state index contributed by atoms with van der Waals surface area (Å²) in [6.07, 6.45) is 1.05. The Morgan fingerprint density at radius 1 is 0.957 bits per heavy atom. The zero-order chi connectivity index (χ0) is 16.1. The predicted molar refractivity (Wildman–Crippen MR) is 103 cm³/mol. The van der Waals surface area contributed by atoms with Crippen LogP contribution in [0.2, 0.25) is 0 Å². The van der Waals surface area contributed by atoms with E-state index in [1.54, 1.807) is 0 Å². The highest BCUT2D eigenvalue weighted by molar-refractivity contribution is 8.23. The fourth-order valence-electron chi connectivity index (χ4n) is 2.41. The van der Waals surface area contributed by atoms with Crippen molar-refractivity contribution in [3.63, 3.8) is 0 Å². The molecule has 2 aromatic carbocycles. The molecule has 0 spiro atoms. The molecule has 1 heterocycles. The fraction of sp³-hybridized carbons (Fsp3) is 0.263. The molecule has 1 fully saturated rings. The molecule has 3 rings (SSSR count). The Bertz CT molecular complexity index is 658. The largest absolute Gasteiger partial charge is 0.457 e. The second-order valence-electron chi connectivity index (χ2n) is 5.46. The molecular weight excluding hydrogens is 322 g/mol. The molecule has 1 aliphatic heterocycles. The first-order valence-electron chi connectivity index (χ1n) is 7.77. The maximum Gasteiger partial charge on any atom is 0.127 e. The van der Waals surface area contributed by atoms with Gasteiger partial charge in [0.2, 0.25) is 0 Å². The smallest absolute Gasteiger partial charge is 0.127 e. The van der Waals surface area contributed by atoms with Crippen LogP contribution in [0.5, 0.6) is 11.5 Å². The van der Waals surface area contributed by atoms with Crippen molar-refractivity contribution >= 4 is 29.1 Å². The summed E-state index contributed by atoms with van der Waals surface area (Å²) < 4.78 is 7.33. The van der Waals surface area contributed by atoms with E-state index in [0.29, 0.717) is 0 Å². The van der Waals surface area contributed by atoms with Gasteiger partial charge in [0.25, 0.3) is 0 Å². The van der Waals surface area contributed by atoms with Gasteiger partial charge in [-0.1, -0.05) is 37.3 Å². The lowest BCUT2D eigenvalue weighted by molar-refractivity contribution is 0.465. The van der Waals surface area contributed by atoms with Crippen molar-refractivity contribution in [2.24, 2.45) is 0 Å². The number of hydrogen-bond donors (Lipinski definition) is 0. The molecule has 1 aliphatic rings. The molecule has 0 aromatic heterocycles. The SMILES string of the molecule is CCC(=C1SCN(C)CS1)c1ccc(Oc2ccccc2)cc1. The van der Waals surface area contributed by atoms with Gasteiger partial charge in [0.1, 0.15) is 11.5 Å². The van der Waals surface area contributed by atoms with E-state index in [4.69, 9.17) is 4.74 Å². The molecule has 0 atom stereocenters. The van der Waals surface area contributed by atoms with Gasteiger partial charge in [-0.15, -0.1) is 23.5 Å². The molecule has 1 saturated heterocycles. The topological polar surface area (TPSA) is 12.5 Å². The van der Waals surface area contributed by atoms with Crippen molar-refractivity contribution in [3.8, 4) is 11.5 Å². The number of ether oxygens (including phenoxy) is 1. The lowest BCUT2D eigenvalue weighted by atomic mass is 10.1. The van der Waals surface area contributed by atoms with Gasteiger partial charge in [0.05, 0.1) is 11.8 Å². The van der Waals surface area contributed by atoms with E-state index in [1.165, 1.54) is 15.4 Å². The average Bonchev–Trinajstić information content (AvgIpc) is 2.60. The number of thioether (sulfide) groups is 2. The van der Waals surface area contributed by atoms with E-state index in [2.05, 4.69) is 43.1 Å². The first-order chi connectivity index (χ1) is 11.3. The normalized spacial score (nSPS) is 15.5. The zero-order valence-electron chi connectivity index (χ0n) is 13.5. The molecule has 0 aliphatic carbocycles. The number of nitrogens with zero attached hydrogens (tertiary/aromatic N) is 1. The third kappa shape index (κ3) is 4.34. The Kier molecular flexibility index (Phi) is 5.70. The summed E-state index contributed by atoms with van der Waals surface area (Å²) in [5, 5.41) is 0. The highest BCUT2D eigenvalue weighted by Crippen LogP contribution is 2.41. The second-order valence-corrected chi connectivity index (χ2v) is 7.63. The van der Waals surface area contributed by atoms with Crippen molar-refractivity contribution in [1.82, 2.24) is 4.90 Å². The molecule has 23 heavy (non-hydrogen) atoms. The highest BCUT2D eigenvalue weighted by Gasteiger charge is 2.16. The molecule has 0 bridgehead atoms. The third-order valence-corrected chi connectivity index (χ3v) is 6.48. The molecule has 120 valence electrons. The maximum absolute atomic E-state index is 5.87. The van der Waals surface area contributed by atoms with Crippen LogP contribution >= 0.6 is 23.5 Å². The minimum atomic E-state index is 0.871. The summed E-state index contributed by atoms with van der Waals surface area (Å²) in [4.78, 5) is 2.34. The van der Waals surface area contributed by atoms with E-state index in [9.17, 15) is 0 Å². The second kappa shape index (κ2) is 7.95. The van der Waals surface area contributed by atoms with Crippen molar-refractivity contribution in [1.29, 1.82) is 0 Å². The van der Waals surface area contributed by atoms with Crippen molar-refractivity contribution in [3.05, 3.63) is 64.4 Å². The number of benzene rings is 2. The van der Waals surface area contributed by atoms with Crippen LogP contribution in [0.1, 0.15) is 18.9 Å². The van der Waals surface area contributed by atoms with E-state index in [1.807, 2.05) is 53.9 Å². The van der Waals surface area contributed by atoms with Gasteiger partial charge in [-0.05, 0) is 48.9 Å². The maximum atomic E-state index is 5.87. The van der Waals surface area contributed by atoms with Gasteiger partial charge in [-0.25, -0.2) is 0 Å². The number of para-hydroxylation sites is 1. The standard InChI is InChI=1S/C19H21NOS2/c1-3-18(19-22-13-20(2)14-23-19)15-9-11-17(12-10-15)21-16-7-5-4-6-8-16/h4-12H,3,13-14H2,1-2H3. The summed E-state index contributed by atoms with van der Waals surface area (Å²) in [5.41, 5.74) is 2.74. The molecule has 2 nitrogen and oxygen atoms in total. The van der Waals surface area contributed by atoms with Crippen LogP contribution in [0.15, 0.2) is 58.8 Å². The molecule has 0 unspecified atom stereocenters. The Morgan fingerprint density at radius 2 is 1.57 bits per heavy atom. The molecule has 0 radical (unpaired) electrons. The van der Waals surface area contributed by atoms with Crippen LogP contribution in [0, 0.1) is 0 Å². The van der Waals surface area contributed by atoms with Crippen LogP contribution in [-0.4, -0.2) is 23.7 Å². The van der Waals surface area contributed by atoms with Crippen LogP contribution < -0.4 is 4.74 Å². The minimum absolute atomic E-state index is 0.871. The molecule has 2 aromatic rings. The van der Waals surface area contributed by atoms with Gasteiger partial charge in [0.15, 0.2) is 0 Å². The van der Waals surface area contributed by atoms with Gasteiger partial charge < -0.3 is 4.74 Å². The summed E-state index contributed by atoms with van der Waals surface area (Å²) >= 11 is 3.89. The summed E-state index contributed by atoms with van der Waals surface area (Å²) in [6, 6.07) is 18.4. The van der Waals surface area contributed by atoms with E-state index < -0.39 is 0 Å². The minimum Gasteiger partial charge on any atom is -0.457 e. The third-order valence-electron chi connectivity index (χ3n) is 3.61. The van der Waals surface area contributed by atoms with E-state index in [0.717, 1.165) is 29.7 Å². The van der Waals surface area contributed by atoms with Gasteiger partial charge in [-0.3, -0.25) is 4.90 Å². The predicted octanol–water partition coefficient (Wildman–Crippen LogP) is 5.88. The van der Waals surface area contributed by atoms with Gasteiger partial charge in [-0.2, -0.15) is 0 Å². The molecule has 0 saturated carbocycles. The average molecular weight is 344 g/mol. The molecular formula is C19H21NOS2. The van der Waals surface area contributed by atoms with Crippen LogP contribution in [-0.2, 0) is 0 Å². The van der Waals surface area contributed by atoms with Crippen molar-refractivity contribution in [2.75, 3.05) is 18.8 Å². The number of rotatable bonds is 4. The quantitative estimate of drug-likeness (QED) is 0.686. The summed E-state index contributed by atoms with van der Waals surface area (Å²) in [7, 11) is 2.16. The van der Waals surface area contributed by atoms with E-state index >= 15 is 0 Å². The first-order valence-corrected chi connectivity index (χ1v) is 9.74. The molecule has 0 N–H and O–H groups in total.